The van der Waals surface area contributed by atoms with E-state index in [9.17, 15) is 4.79 Å². The molecular formula is C18H18N2O. The van der Waals surface area contributed by atoms with E-state index < -0.39 is 0 Å². The summed E-state index contributed by atoms with van der Waals surface area (Å²) in [7, 11) is 0. The Morgan fingerprint density at radius 1 is 1.00 bits per heavy atom. The SMILES string of the molecule is CCCc1nc2ccccc2c(=O)n1Cc1ccccc1. The van der Waals surface area contributed by atoms with Gasteiger partial charge in [0, 0.05) is 6.42 Å². The first-order valence-corrected chi connectivity index (χ1v) is 7.32. The average molecular weight is 278 g/mol. The summed E-state index contributed by atoms with van der Waals surface area (Å²) in [5.74, 6) is 0.866. The molecule has 0 atom stereocenters. The van der Waals surface area contributed by atoms with Gasteiger partial charge in [0.2, 0.25) is 0 Å². The first kappa shape index (κ1) is 13.6. The molecular weight excluding hydrogens is 260 g/mol. The molecule has 0 aliphatic heterocycles. The minimum absolute atomic E-state index is 0.0490. The Labute approximate surface area is 123 Å². The van der Waals surface area contributed by atoms with Crippen LogP contribution in [0, 0.1) is 0 Å². The van der Waals surface area contributed by atoms with Crippen molar-refractivity contribution in [2.45, 2.75) is 26.3 Å². The first-order chi connectivity index (χ1) is 10.3. The molecule has 0 spiro atoms. The molecule has 0 aliphatic carbocycles. The number of hydrogen-bond donors (Lipinski definition) is 0. The van der Waals surface area contributed by atoms with Crippen molar-refractivity contribution in [3.63, 3.8) is 0 Å². The van der Waals surface area contributed by atoms with Crippen LogP contribution >= 0.6 is 0 Å². The molecule has 3 rings (SSSR count). The number of para-hydroxylation sites is 1. The Kier molecular flexibility index (Phi) is 3.82. The Morgan fingerprint density at radius 3 is 2.48 bits per heavy atom. The standard InChI is InChI=1S/C18H18N2O/c1-2-8-17-19-16-12-7-6-11-15(16)18(21)20(17)13-14-9-4-3-5-10-14/h3-7,9-12H,2,8,13H2,1H3. The molecule has 0 amide bonds. The van der Waals surface area contributed by atoms with Crippen molar-refractivity contribution < 1.29 is 0 Å². The van der Waals surface area contributed by atoms with Crippen LogP contribution < -0.4 is 5.56 Å². The maximum atomic E-state index is 12.8. The largest absolute Gasteiger partial charge is 0.292 e. The van der Waals surface area contributed by atoms with Gasteiger partial charge in [-0.3, -0.25) is 9.36 Å². The predicted octanol–water partition coefficient (Wildman–Crippen LogP) is 3.40. The van der Waals surface area contributed by atoms with E-state index in [4.69, 9.17) is 0 Å². The molecule has 1 aromatic heterocycles. The molecule has 0 saturated carbocycles. The third-order valence-corrected chi connectivity index (χ3v) is 3.60. The lowest BCUT2D eigenvalue weighted by Crippen LogP contribution is -2.26. The molecule has 3 aromatic rings. The van der Waals surface area contributed by atoms with Gasteiger partial charge in [0.1, 0.15) is 5.82 Å². The van der Waals surface area contributed by atoms with Crippen molar-refractivity contribution in [3.05, 3.63) is 76.3 Å². The van der Waals surface area contributed by atoms with Crippen molar-refractivity contribution in [3.8, 4) is 0 Å². The van der Waals surface area contributed by atoms with E-state index in [1.807, 2.05) is 54.6 Å². The summed E-state index contributed by atoms with van der Waals surface area (Å²) < 4.78 is 1.81. The number of aromatic nitrogens is 2. The monoisotopic (exact) mass is 278 g/mol. The molecule has 0 bridgehead atoms. The highest BCUT2D eigenvalue weighted by Crippen LogP contribution is 2.11. The van der Waals surface area contributed by atoms with E-state index in [0.29, 0.717) is 11.9 Å². The van der Waals surface area contributed by atoms with Gasteiger partial charge < -0.3 is 0 Å². The quantitative estimate of drug-likeness (QED) is 0.733. The van der Waals surface area contributed by atoms with Crippen LogP contribution in [0.2, 0.25) is 0 Å². The van der Waals surface area contributed by atoms with Crippen LogP contribution in [0.1, 0.15) is 24.7 Å². The van der Waals surface area contributed by atoms with Crippen molar-refractivity contribution in [1.29, 1.82) is 0 Å². The molecule has 0 aliphatic rings. The topological polar surface area (TPSA) is 34.9 Å². The average Bonchev–Trinajstić information content (AvgIpc) is 2.52. The Morgan fingerprint density at radius 2 is 1.71 bits per heavy atom. The van der Waals surface area contributed by atoms with E-state index in [1.54, 1.807) is 4.57 Å². The maximum Gasteiger partial charge on any atom is 0.261 e. The minimum Gasteiger partial charge on any atom is -0.292 e. The van der Waals surface area contributed by atoms with Crippen LogP contribution in [-0.2, 0) is 13.0 Å². The van der Waals surface area contributed by atoms with Gasteiger partial charge in [-0.15, -0.1) is 0 Å². The molecule has 3 nitrogen and oxygen atoms in total. The summed E-state index contributed by atoms with van der Waals surface area (Å²) in [6, 6.07) is 17.6. The van der Waals surface area contributed by atoms with Crippen LogP contribution in [0.5, 0.6) is 0 Å². The fourth-order valence-corrected chi connectivity index (χ4v) is 2.56. The van der Waals surface area contributed by atoms with E-state index in [-0.39, 0.29) is 5.56 Å². The minimum atomic E-state index is 0.0490. The number of fused-ring (bicyclic) bond motifs is 1. The summed E-state index contributed by atoms with van der Waals surface area (Å²) in [5.41, 5.74) is 1.96. The molecule has 0 unspecified atom stereocenters. The van der Waals surface area contributed by atoms with E-state index in [2.05, 4.69) is 11.9 Å². The Hall–Kier alpha value is -2.42. The van der Waals surface area contributed by atoms with Crippen molar-refractivity contribution in [1.82, 2.24) is 9.55 Å². The fourth-order valence-electron chi connectivity index (χ4n) is 2.56. The van der Waals surface area contributed by atoms with Crippen LogP contribution in [0.4, 0.5) is 0 Å². The van der Waals surface area contributed by atoms with Crippen LogP contribution in [0.3, 0.4) is 0 Å². The summed E-state index contributed by atoms with van der Waals surface area (Å²) >= 11 is 0. The number of aryl methyl sites for hydroxylation is 1. The smallest absolute Gasteiger partial charge is 0.261 e. The Balaban J connectivity index is 2.17. The Bertz CT molecular complexity index is 806. The highest BCUT2D eigenvalue weighted by atomic mass is 16.1. The molecule has 2 aromatic carbocycles. The van der Waals surface area contributed by atoms with Crippen LogP contribution in [0.15, 0.2) is 59.4 Å². The number of benzene rings is 2. The number of rotatable bonds is 4. The zero-order chi connectivity index (χ0) is 14.7. The van der Waals surface area contributed by atoms with Gasteiger partial charge in [0.05, 0.1) is 17.4 Å². The molecule has 0 N–H and O–H groups in total. The van der Waals surface area contributed by atoms with Gasteiger partial charge in [-0.1, -0.05) is 49.4 Å². The lowest BCUT2D eigenvalue weighted by molar-refractivity contribution is 0.665. The predicted molar refractivity (Wildman–Crippen MR) is 85.5 cm³/mol. The van der Waals surface area contributed by atoms with Gasteiger partial charge in [0.15, 0.2) is 0 Å². The second-order valence-corrected chi connectivity index (χ2v) is 5.17. The molecule has 0 fully saturated rings. The van der Waals surface area contributed by atoms with Crippen LogP contribution in [0.25, 0.3) is 10.9 Å². The molecule has 0 saturated heterocycles. The summed E-state index contributed by atoms with van der Waals surface area (Å²) in [5, 5.41) is 0.688. The normalized spacial score (nSPS) is 10.9. The third-order valence-electron chi connectivity index (χ3n) is 3.60. The van der Waals surface area contributed by atoms with Crippen molar-refractivity contribution >= 4 is 10.9 Å². The lowest BCUT2D eigenvalue weighted by atomic mass is 10.2. The fraction of sp³-hybridized carbons (Fsp3) is 0.222. The van der Waals surface area contributed by atoms with E-state index in [1.165, 1.54) is 0 Å². The highest BCUT2D eigenvalue weighted by molar-refractivity contribution is 5.77. The summed E-state index contributed by atoms with van der Waals surface area (Å²) in [6.07, 6.45) is 1.78. The second-order valence-electron chi connectivity index (χ2n) is 5.17. The lowest BCUT2D eigenvalue weighted by Gasteiger charge is -2.13. The van der Waals surface area contributed by atoms with Gasteiger partial charge in [-0.2, -0.15) is 0 Å². The van der Waals surface area contributed by atoms with E-state index in [0.717, 1.165) is 29.7 Å². The molecule has 1 heterocycles. The second kappa shape index (κ2) is 5.92. The van der Waals surface area contributed by atoms with Crippen LogP contribution in [-0.4, -0.2) is 9.55 Å². The summed E-state index contributed by atoms with van der Waals surface area (Å²) in [4.78, 5) is 17.4. The molecule has 21 heavy (non-hydrogen) atoms. The van der Waals surface area contributed by atoms with Crippen molar-refractivity contribution in [2.24, 2.45) is 0 Å². The van der Waals surface area contributed by atoms with Gasteiger partial charge in [0.25, 0.3) is 5.56 Å². The zero-order valence-electron chi connectivity index (χ0n) is 12.1. The van der Waals surface area contributed by atoms with Gasteiger partial charge in [-0.05, 0) is 24.1 Å². The number of nitrogens with zero attached hydrogens (tertiary/aromatic N) is 2. The number of hydrogen-bond acceptors (Lipinski definition) is 2. The third kappa shape index (κ3) is 2.72. The first-order valence-electron chi connectivity index (χ1n) is 7.32. The zero-order valence-corrected chi connectivity index (χ0v) is 12.1. The van der Waals surface area contributed by atoms with E-state index >= 15 is 0 Å². The summed E-state index contributed by atoms with van der Waals surface area (Å²) in [6.45, 7) is 2.68. The van der Waals surface area contributed by atoms with Gasteiger partial charge in [-0.25, -0.2) is 4.98 Å². The van der Waals surface area contributed by atoms with Gasteiger partial charge >= 0.3 is 0 Å². The highest BCUT2D eigenvalue weighted by Gasteiger charge is 2.10. The molecule has 3 heteroatoms. The molecule has 0 radical (unpaired) electrons. The molecule has 106 valence electrons. The van der Waals surface area contributed by atoms with Crippen molar-refractivity contribution in [2.75, 3.05) is 0 Å². The maximum absolute atomic E-state index is 12.8.